The van der Waals surface area contributed by atoms with Gasteiger partial charge in [-0.25, -0.2) is 0 Å². The van der Waals surface area contributed by atoms with Gasteiger partial charge >= 0.3 is 0 Å². The predicted octanol–water partition coefficient (Wildman–Crippen LogP) is 4.02. The number of Topliss-reactive ketones (excluding diaryl/α,β-unsaturated/α-hetero) is 1. The van der Waals surface area contributed by atoms with Crippen LogP contribution in [0.4, 0.5) is 10.7 Å². The molecular formula is C14H20N2OS2. The molecule has 3 nitrogen and oxygen atoms in total. The van der Waals surface area contributed by atoms with Crippen molar-refractivity contribution in [3.8, 4) is 0 Å². The number of allylic oxidation sites excluding steroid dienone is 1. The molecule has 104 valence electrons. The summed E-state index contributed by atoms with van der Waals surface area (Å²) in [6.07, 6.45) is 6.16. The Kier molecular flexibility index (Phi) is 4.58. The van der Waals surface area contributed by atoms with E-state index < -0.39 is 0 Å². The molecule has 19 heavy (non-hydrogen) atoms. The summed E-state index contributed by atoms with van der Waals surface area (Å²) in [6, 6.07) is 0. The van der Waals surface area contributed by atoms with Crippen LogP contribution in [0.1, 0.15) is 36.4 Å². The molecule has 1 saturated carbocycles. The Hall–Kier alpha value is -0.940. The van der Waals surface area contributed by atoms with Crippen LogP contribution in [0.3, 0.4) is 0 Å². The van der Waals surface area contributed by atoms with Gasteiger partial charge in [0.1, 0.15) is 5.00 Å². The van der Waals surface area contributed by atoms with Crippen LogP contribution in [0.2, 0.25) is 0 Å². The molecule has 0 atom stereocenters. The summed E-state index contributed by atoms with van der Waals surface area (Å²) in [7, 11) is 0. The first-order chi connectivity index (χ1) is 9.04. The molecule has 2 rings (SSSR count). The molecule has 0 bridgehead atoms. The Morgan fingerprint density at radius 3 is 2.74 bits per heavy atom. The number of thiophene rings is 1. The van der Waals surface area contributed by atoms with Crippen molar-refractivity contribution < 1.29 is 4.79 Å². The summed E-state index contributed by atoms with van der Waals surface area (Å²) in [6.45, 7) is 4.91. The second-order valence-corrected chi connectivity index (χ2v) is 6.85. The van der Waals surface area contributed by atoms with Gasteiger partial charge in [-0.3, -0.25) is 4.79 Å². The highest BCUT2D eigenvalue weighted by Crippen LogP contribution is 2.45. The van der Waals surface area contributed by atoms with E-state index in [1.165, 1.54) is 16.9 Å². The lowest BCUT2D eigenvalue weighted by molar-refractivity contribution is 0.0972. The Balaban J connectivity index is 2.20. The van der Waals surface area contributed by atoms with Crippen LogP contribution in [0.15, 0.2) is 16.5 Å². The zero-order chi connectivity index (χ0) is 14.0. The molecule has 1 heterocycles. The van der Waals surface area contributed by atoms with Crippen LogP contribution in [0.5, 0.6) is 0 Å². The van der Waals surface area contributed by atoms with Crippen molar-refractivity contribution in [2.75, 3.05) is 23.9 Å². The molecule has 0 aromatic carbocycles. The third-order valence-corrected chi connectivity index (χ3v) is 5.19. The fourth-order valence-electron chi connectivity index (χ4n) is 1.81. The normalized spacial score (nSPS) is 14.3. The number of nitrogens with one attached hydrogen (secondary N) is 1. The minimum atomic E-state index is 0.223. The smallest absolute Gasteiger partial charge is 0.178 e. The molecule has 1 aliphatic carbocycles. The molecule has 1 aromatic heterocycles. The second-order valence-electron chi connectivity index (χ2n) is 5.01. The summed E-state index contributed by atoms with van der Waals surface area (Å²) in [5, 5.41) is 4.38. The van der Waals surface area contributed by atoms with Crippen LogP contribution in [0, 0.1) is 5.92 Å². The van der Waals surface area contributed by atoms with Gasteiger partial charge in [0.2, 0.25) is 0 Å². The van der Waals surface area contributed by atoms with Crippen molar-refractivity contribution in [1.82, 2.24) is 0 Å². The van der Waals surface area contributed by atoms with Gasteiger partial charge in [0.05, 0.1) is 15.5 Å². The minimum absolute atomic E-state index is 0.223. The zero-order valence-corrected chi connectivity index (χ0v) is 13.2. The van der Waals surface area contributed by atoms with Crippen molar-refractivity contribution in [2.45, 2.75) is 31.6 Å². The lowest BCUT2D eigenvalue weighted by atomic mass is 10.2. The van der Waals surface area contributed by atoms with E-state index in [2.05, 4.69) is 25.2 Å². The molecule has 0 radical (unpaired) electrons. The van der Waals surface area contributed by atoms with Gasteiger partial charge in [-0.05, 0) is 32.9 Å². The van der Waals surface area contributed by atoms with E-state index in [0.717, 1.165) is 34.2 Å². The van der Waals surface area contributed by atoms with Crippen LogP contribution in [0.25, 0.3) is 0 Å². The number of carbonyl (C=O) groups is 1. The number of ketones is 1. The van der Waals surface area contributed by atoms with E-state index in [4.69, 9.17) is 5.73 Å². The van der Waals surface area contributed by atoms with Crippen LogP contribution >= 0.6 is 23.1 Å². The van der Waals surface area contributed by atoms with Gasteiger partial charge in [-0.1, -0.05) is 11.6 Å². The molecule has 1 fully saturated rings. The SMILES string of the molecule is CSc1c(NCC=C(C)C)sc(C(=O)C2CC2)c1N. The van der Waals surface area contributed by atoms with Gasteiger partial charge in [0.25, 0.3) is 0 Å². The topological polar surface area (TPSA) is 55.1 Å². The Labute approximate surface area is 122 Å². The molecule has 5 heteroatoms. The van der Waals surface area contributed by atoms with E-state index in [9.17, 15) is 4.79 Å². The Bertz CT molecular complexity index is 512. The summed E-state index contributed by atoms with van der Waals surface area (Å²) in [4.78, 5) is 13.9. The largest absolute Gasteiger partial charge is 0.396 e. The minimum Gasteiger partial charge on any atom is -0.396 e. The molecule has 0 amide bonds. The zero-order valence-electron chi connectivity index (χ0n) is 11.6. The maximum Gasteiger partial charge on any atom is 0.178 e. The molecule has 3 N–H and O–H groups in total. The highest BCUT2D eigenvalue weighted by Gasteiger charge is 2.33. The van der Waals surface area contributed by atoms with Crippen LogP contribution in [-0.4, -0.2) is 18.6 Å². The summed E-state index contributed by atoms with van der Waals surface area (Å²) >= 11 is 3.10. The van der Waals surface area contributed by atoms with Crippen molar-refractivity contribution in [1.29, 1.82) is 0 Å². The van der Waals surface area contributed by atoms with Crippen LogP contribution in [-0.2, 0) is 0 Å². The lowest BCUT2D eigenvalue weighted by Gasteiger charge is -2.03. The number of hydrogen-bond acceptors (Lipinski definition) is 5. The number of carbonyl (C=O) groups excluding carboxylic acids is 1. The van der Waals surface area contributed by atoms with Gasteiger partial charge in [-0.2, -0.15) is 0 Å². The fourth-order valence-corrected chi connectivity index (χ4v) is 3.87. The first-order valence-corrected chi connectivity index (χ1v) is 8.46. The third kappa shape index (κ3) is 3.34. The highest BCUT2D eigenvalue weighted by atomic mass is 32.2. The van der Waals surface area contributed by atoms with Crippen molar-refractivity contribution in [2.24, 2.45) is 5.92 Å². The lowest BCUT2D eigenvalue weighted by Crippen LogP contribution is -2.02. The van der Waals surface area contributed by atoms with Crippen molar-refractivity contribution in [3.63, 3.8) is 0 Å². The summed E-state index contributed by atoms with van der Waals surface area (Å²) in [5.74, 6) is 0.453. The summed E-state index contributed by atoms with van der Waals surface area (Å²) in [5.41, 5.74) is 8.06. The van der Waals surface area contributed by atoms with Gasteiger partial charge in [0, 0.05) is 12.5 Å². The molecule has 0 saturated heterocycles. The first-order valence-electron chi connectivity index (χ1n) is 6.42. The third-order valence-electron chi connectivity index (χ3n) is 3.05. The maximum absolute atomic E-state index is 12.2. The average molecular weight is 296 g/mol. The van der Waals surface area contributed by atoms with E-state index in [0.29, 0.717) is 5.69 Å². The monoisotopic (exact) mass is 296 g/mol. The molecule has 0 spiro atoms. The molecule has 1 aliphatic rings. The van der Waals surface area contributed by atoms with Crippen molar-refractivity contribution in [3.05, 3.63) is 16.5 Å². The van der Waals surface area contributed by atoms with E-state index in [1.54, 1.807) is 11.8 Å². The quantitative estimate of drug-likeness (QED) is 0.473. The fraction of sp³-hybridized carbons (Fsp3) is 0.500. The predicted molar refractivity (Wildman–Crippen MR) is 85.5 cm³/mol. The number of anilines is 2. The molecular weight excluding hydrogens is 276 g/mol. The van der Waals surface area contributed by atoms with Gasteiger partial charge < -0.3 is 11.1 Å². The molecule has 0 unspecified atom stereocenters. The number of nitrogens with two attached hydrogens (primary N) is 1. The number of rotatable bonds is 6. The van der Waals surface area contributed by atoms with Crippen LogP contribution < -0.4 is 11.1 Å². The second kappa shape index (κ2) is 6.01. The Morgan fingerprint density at radius 1 is 1.53 bits per heavy atom. The number of nitrogen functional groups attached to an aromatic ring is 1. The van der Waals surface area contributed by atoms with E-state index in [-0.39, 0.29) is 11.7 Å². The molecule has 0 aliphatic heterocycles. The maximum atomic E-state index is 12.2. The Morgan fingerprint density at radius 2 is 2.21 bits per heavy atom. The summed E-state index contributed by atoms with van der Waals surface area (Å²) < 4.78 is 0. The van der Waals surface area contributed by atoms with Gasteiger partial charge in [-0.15, -0.1) is 23.1 Å². The number of thioether (sulfide) groups is 1. The number of hydrogen-bond donors (Lipinski definition) is 2. The molecule has 1 aromatic rings. The van der Waals surface area contributed by atoms with Crippen molar-refractivity contribution >= 4 is 39.6 Å². The standard InChI is InChI=1S/C14H20N2OS2/c1-8(2)6-7-16-14-13(18-3)10(15)12(19-14)11(17)9-4-5-9/h6,9,16H,4-5,7,15H2,1-3H3. The first kappa shape index (κ1) is 14.5. The highest BCUT2D eigenvalue weighted by molar-refractivity contribution is 7.99. The van der Waals surface area contributed by atoms with E-state index in [1.807, 2.05) is 6.26 Å². The van der Waals surface area contributed by atoms with E-state index >= 15 is 0 Å². The average Bonchev–Trinajstić information content (AvgIpc) is 3.14. The van der Waals surface area contributed by atoms with Gasteiger partial charge in [0.15, 0.2) is 5.78 Å².